The summed E-state index contributed by atoms with van der Waals surface area (Å²) in [5.41, 5.74) is 3.16. The molecule has 0 amide bonds. The minimum atomic E-state index is 0. The average molecular weight is 451 g/mol. The van der Waals surface area contributed by atoms with Crippen LogP contribution in [0.5, 0.6) is 17.5 Å². The predicted octanol–water partition coefficient (Wildman–Crippen LogP) is 1.71. The lowest BCUT2D eigenvalue weighted by Crippen LogP contribution is -3.00. The maximum atomic E-state index is 6.02. The van der Waals surface area contributed by atoms with Crippen LogP contribution in [0.25, 0.3) is 5.69 Å². The summed E-state index contributed by atoms with van der Waals surface area (Å²) < 4.78 is 13.4. The number of benzene rings is 3. The molecule has 0 aliphatic carbocycles. The van der Waals surface area contributed by atoms with Crippen LogP contribution < -0.4 is 27.2 Å². The molecule has 1 unspecified atom stereocenters. The molecule has 1 atom stereocenters. The van der Waals surface area contributed by atoms with Gasteiger partial charge in [-0.2, -0.15) is 4.68 Å². The van der Waals surface area contributed by atoms with Gasteiger partial charge in [-0.05, 0) is 59.7 Å². The van der Waals surface area contributed by atoms with E-state index in [9.17, 15) is 0 Å². The van der Waals surface area contributed by atoms with Crippen molar-refractivity contribution in [2.24, 2.45) is 0 Å². The van der Waals surface area contributed by atoms with Crippen LogP contribution in [0.3, 0.4) is 0 Å². The van der Waals surface area contributed by atoms with Crippen LogP contribution >= 0.6 is 0 Å². The fraction of sp³-hybridized carbons (Fsp3) is 0.208. The first kappa shape index (κ1) is 23.2. The van der Waals surface area contributed by atoms with E-state index in [0.717, 1.165) is 11.3 Å². The van der Waals surface area contributed by atoms with E-state index < -0.39 is 0 Å². The van der Waals surface area contributed by atoms with E-state index in [-0.39, 0.29) is 24.5 Å². The van der Waals surface area contributed by atoms with E-state index in [0.29, 0.717) is 24.7 Å². The van der Waals surface area contributed by atoms with Gasteiger partial charge in [-0.25, -0.2) is 0 Å². The van der Waals surface area contributed by atoms with Crippen molar-refractivity contribution >= 4 is 0 Å². The highest BCUT2D eigenvalue weighted by molar-refractivity contribution is 5.45. The number of hydrogen-bond acceptors (Lipinski definition) is 6. The van der Waals surface area contributed by atoms with Crippen LogP contribution in [0, 0.1) is 0 Å². The van der Waals surface area contributed by atoms with Crippen LogP contribution in [-0.2, 0) is 6.54 Å². The summed E-state index contributed by atoms with van der Waals surface area (Å²) in [7, 11) is 0. The highest BCUT2D eigenvalue weighted by Gasteiger charge is 2.15. The average Bonchev–Trinajstić information content (AvgIpc) is 3.28. The number of ether oxygens (including phenoxy) is 2. The van der Waals surface area contributed by atoms with Gasteiger partial charge in [0.2, 0.25) is 0 Å². The fourth-order valence-corrected chi connectivity index (χ4v) is 3.22. The summed E-state index contributed by atoms with van der Waals surface area (Å²) in [6, 6.07) is 26.4. The third kappa shape index (κ3) is 5.63. The molecule has 1 N–H and O–H groups in total. The molecule has 0 fully saturated rings. The maximum absolute atomic E-state index is 6.02. The van der Waals surface area contributed by atoms with Crippen LogP contribution in [-0.4, -0.2) is 26.8 Å². The van der Waals surface area contributed by atoms with Crippen LogP contribution in [0.15, 0.2) is 78.9 Å². The largest absolute Gasteiger partial charge is 1.00 e. The third-order valence-electron chi connectivity index (χ3n) is 4.86. The number of aromatic nitrogens is 4. The SMILES string of the molecule is CCOc1cc(CNC(C)c2ccccc2)ccc1Oc1nnnn1-c1ccccc1.[Cl-]. The smallest absolute Gasteiger partial charge is 0.346 e. The molecule has 0 saturated carbocycles. The van der Waals surface area contributed by atoms with Gasteiger partial charge in [0.05, 0.1) is 12.3 Å². The quantitative estimate of drug-likeness (QED) is 0.418. The Morgan fingerprint density at radius 3 is 2.38 bits per heavy atom. The first-order valence-corrected chi connectivity index (χ1v) is 10.3. The lowest BCUT2D eigenvalue weighted by atomic mass is 10.1. The Labute approximate surface area is 193 Å². The summed E-state index contributed by atoms with van der Waals surface area (Å²) in [6.07, 6.45) is 0. The van der Waals surface area contributed by atoms with E-state index >= 15 is 0 Å². The van der Waals surface area contributed by atoms with Gasteiger partial charge in [0.25, 0.3) is 0 Å². The molecular weight excluding hydrogens is 426 g/mol. The summed E-state index contributed by atoms with van der Waals surface area (Å²) in [6.45, 7) is 5.33. The number of nitrogens with zero attached hydrogens (tertiary/aromatic N) is 4. The van der Waals surface area contributed by atoms with Crippen LogP contribution in [0.2, 0.25) is 0 Å². The molecule has 7 nitrogen and oxygen atoms in total. The summed E-state index contributed by atoms with van der Waals surface area (Å²) >= 11 is 0. The predicted molar refractivity (Wildman–Crippen MR) is 119 cm³/mol. The lowest BCUT2D eigenvalue weighted by Gasteiger charge is -2.16. The molecule has 0 saturated heterocycles. The Bertz CT molecular complexity index is 1110. The Morgan fingerprint density at radius 2 is 1.66 bits per heavy atom. The van der Waals surface area contributed by atoms with Gasteiger partial charge in [-0.3, -0.25) is 0 Å². The zero-order valence-electron chi connectivity index (χ0n) is 18.0. The molecule has 4 rings (SSSR count). The lowest BCUT2D eigenvalue weighted by molar-refractivity contribution is -0.00000750. The molecule has 4 aromatic rings. The van der Waals surface area contributed by atoms with Crippen molar-refractivity contribution in [3.8, 4) is 23.2 Å². The van der Waals surface area contributed by atoms with Crippen molar-refractivity contribution in [1.29, 1.82) is 0 Å². The van der Waals surface area contributed by atoms with Gasteiger partial charge in [0.1, 0.15) is 0 Å². The van der Waals surface area contributed by atoms with Gasteiger partial charge in [0, 0.05) is 12.6 Å². The normalized spacial score (nSPS) is 11.4. The third-order valence-corrected chi connectivity index (χ3v) is 4.86. The number of rotatable bonds is 9. The molecule has 0 aliphatic heterocycles. The number of hydrogen-bond donors (Lipinski definition) is 1. The summed E-state index contributed by atoms with van der Waals surface area (Å²) in [4.78, 5) is 0. The molecule has 0 radical (unpaired) electrons. The highest BCUT2D eigenvalue weighted by atomic mass is 35.5. The van der Waals surface area contributed by atoms with Crippen LogP contribution in [0.1, 0.15) is 31.0 Å². The van der Waals surface area contributed by atoms with E-state index in [1.165, 1.54) is 5.56 Å². The summed E-state index contributed by atoms with van der Waals surface area (Å²) in [5.74, 6) is 1.21. The van der Waals surface area contributed by atoms with Crippen molar-refractivity contribution in [1.82, 2.24) is 25.5 Å². The topological polar surface area (TPSA) is 74.1 Å². The van der Waals surface area contributed by atoms with Gasteiger partial charge < -0.3 is 27.2 Å². The second-order valence-electron chi connectivity index (χ2n) is 7.04. The van der Waals surface area contributed by atoms with E-state index in [1.807, 2.05) is 61.5 Å². The molecule has 8 heteroatoms. The van der Waals surface area contributed by atoms with Crippen molar-refractivity contribution < 1.29 is 21.9 Å². The number of tetrazole rings is 1. The van der Waals surface area contributed by atoms with E-state index in [2.05, 4.69) is 52.0 Å². The monoisotopic (exact) mass is 450 g/mol. The second kappa shape index (κ2) is 11.3. The Balaban J connectivity index is 0.00000289. The van der Waals surface area contributed by atoms with E-state index in [4.69, 9.17) is 9.47 Å². The molecule has 3 aromatic carbocycles. The van der Waals surface area contributed by atoms with E-state index in [1.54, 1.807) is 4.68 Å². The van der Waals surface area contributed by atoms with Crippen molar-refractivity contribution in [2.75, 3.05) is 6.61 Å². The zero-order valence-corrected chi connectivity index (χ0v) is 18.7. The first-order valence-electron chi connectivity index (χ1n) is 10.3. The maximum Gasteiger partial charge on any atom is 0.346 e. The molecule has 1 heterocycles. The number of nitrogens with one attached hydrogen (secondary N) is 1. The molecule has 0 bridgehead atoms. The first-order chi connectivity index (χ1) is 15.2. The van der Waals surface area contributed by atoms with Gasteiger partial charge in [-0.15, -0.1) is 0 Å². The minimum absolute atomic E-state index is 0. The van der Waals surface area contributed by atoms with Gasteiger partial charge in [-0.1, -0.05) is 59.7 Å². The van der Waals surface area contributed by atoms with Gasteiger partial charge in [0.15, 0.2) is 11.5 Å². The zero-order chi connectivity index (χ0) is 21.5. The molecule has 0 spiro atoms. The molecule has 32 heavy (non-hydrogen) atoms. The fourth-order valence-electron chi connectivity index (χ4n) is 3.22. The van der Waals surface area contributed by atoms with Crippen LogP contribution in [0.4, 0.5) is 0 Å². The number of para-hydroxylation sites is 1. The summed E-state index contributed by atoms with van der Waals surface area (Å²) in [5, 5.41) is 15.3. The highest BCUT2D eigenvalue weighted by Crippen LogP contribution is 2.32. The van der Waals surface area contributed by atoms with Crippen molar-refractivity contribution in [3.63, 3.8) is 0 Å². The van der Waals surface area contributed by atoms with Gasteiger partial charge >= 0.3 is 6.01 Å². The molecule has 166 valence electrons. The minimum Gasteiger partial charge on any atom is -1.00 e. The molecule has 1 aromatic heterocycles. The Hall–Kier alpha value is -3.42. The van der Waals surface area contributed by atoms with Crippen molar-refractivity contribution in [3.05, 3.63) is 90.0 Å². The Morgan fingerprint density at radius 1 is 0.938 bits per heavy atom. The molecular formula is C24H25ClN5O2-. The Kier molecular flexibility index (Phi) is 8.19. The second-order valence-corrected chi connectivity index (χ2v) is 7.04. The number of halogens is 1. The molecule has 0 aliphatic rings. The van der Waals surface area contributed by atoms with Crippen molar-refractivity contribution in [2.45, 2.75) is 26.4 Å². The standard InChI is InChI=1S/C24H25N5O2.ClH/c1-3-30-23-16-19(17-25-18(2)20-10-6-4-7-11-20)14-15-22(23)31-24-26-27-28-29(24)21-12-8-5-9-13-21;/h4-16,18,25H,3,17H2,1-2H3;1H/p-1.